The van der Waals surface area contributed by atoms with Crippen molar-refractivity contribution in [3.63, 3.8) is 0 Å². The molecule has 0 radical (unpaired) electrons. The predicted molar refractivity (Wildman–Crippen MR) is 122 cm³/mol. The lowest BCUT2D eigenvalue weighted by molar-refractivity contribution is 0.294. The van der Waals surface area contributed by atoms with Crippen LogP contribution in [0.25, 0.3) is 0 Å². The molecule has 0 amide bonds. The highest BCUT2D eigenvalue weighted by Gasteiger charge is 2.21. The zero-order valence-electron chi connectivity index (χ0n) is 18.3. The van der Waals surface area contributed by atoms with Gasteiger partial charge in [-0.25, -0.2) is 0 Å². The first kappa shape index (κ1) is 21.2. The van der Waals surface area contributed by atoms with Crippen LogP contribution in [-0.2, 0) is 6.42 Å². The van der Waals surface area contributed by atoms with Crippen molar-refractivity contribution in [3.05, 3.63) is 47.5 Å². The fraction of sp³-hybridized carbons (Fsp3) is 0.643. The van der Waals surface area contributed by atoms with E-state index in [-0.39, 0.29) is 0 Å². The van der Waals surface area contributed by atoms with Gasteiger partial charge in [0.25, 0.3) is 0 Å². The van der Waals surface area contributed by atoms with Crippen molar-refractivity contribution in [1.29, 1.82) is 0 Å². The van der Waals surface area contributed by atoms with Crippen LogP contribution in [0.3, 0.4) is 0 Å². The molecule has 0 spiro atoms. The molecule has 1 aromatic rings. The average Bonchev–Trinajstić information content (AvgIpc) is 2.74. The second-order valence-corrected chi connectivity index (χ2v) is 9.26. The molecule has 0 heterocycles. The molecule has 2 fully saturated rings. The maximum absolute atomic E-state index is 3.55. The van der Waals surface area contributed by atoms with Crippen LogP contribution in [0.15, 0.2) is 36.4 Å². The Morgan fingerprint density at radius 1 is 0.857 bits per heavy atom. The largest absolute Gasteiger partial charge is 0.0951 e. The molecule has 0 aromatic heterocycles. The Hall–Kier alpha value is -1.48. The minimum absolute atomic E-state index is 0.612. The van der Waals surface area contributed by atoms with Gasteiger partial charge < -0.3 is 0 Å². The quantitative estimate of drug-likeness (QED) is 0.440. The zero-order valence-corrected chi connectivity index (χ0v) is 18.3. The summed E-state index contributed by atoms with van der Waals surface area (Å²) in [5, 5.41) is 0. The first-order chi connectivity index (χ1) is 13.8. The topological polar surface area (TPSA) is 0 Å². The summed E-state index contributed by atoms with van der Waals surface area (Å²) in [5.74, 6) is 10.1. The number of allylic oxidation sites excluding steroid dienone is 2. The Morgan fingerprint density at radius 3 is 2.21 bits per heavy atom. The Morgan fingerprint density at radius 2 is 1.57 bits per heavy atom. The fourth-order valence-electron chi connectivity index (χ4n) is 5.24. The molecule has 1 aromatic carbocycles. The number of benzene rings is 1. The van der Waals surface area contributed by atoms with Crippen molar-refractivity contribution in [3.8, 4) is 11.8 Å². The SMILES string of the molecule is CCCc1ccc(C2CCC(C#CC=CC3CCC(CCC)CC3)CC2)cc1. The van der Waals surface area contributed by atoms with Gasteiger partial charge in [0.15, 0.2) is 0 Å². The maximum Gasteiger partial charge on any atom is 0.0206 e. The number of hydrogen-bond donors (Lipinski definition) is 0. The summed E-state index contributed by atoms with van der Waals surface area (Å²) < 4.78 is 0. The summed E-state index contributed by atoms with van der Waals surface area (Å²) in [6.45, 7) is 4.57. The van der Waals surface area contributed by atoms with Gasteiger partial charge in [-0.3, -0.25) is 0 Å². The molecule has 3 rings (SSSR count). The van der Waals surface area contributed by atoms with Gasteiger partial charge in [-0.1, -0.05) is 75.3 Å². The molecule has 0 heteroatoms. The van der Waals surface area contributed by atoms with Crippen LogP contribution in [-0.4, -0.2) is 0 Å². The van der Waals surface area contributed by atoms with Gasteiger partial charge in [-0.2, -0.15) is 0 Å². The maximum atomic E-state index is 3.55. The van der Waals surface area contributed by atoms with Crippen molar-refractivity contribution in [2.45, 2.75) is 96.8 Å². The molecule has 0 bridgehead atoms. The molecular weight excluding hydrogens is 336 g/mol. The average molecular weight is 377 g/mol. The van der Waals surface area contributed by atoms with E-state index in [9.17, 15) is 0 Å². The Labute approximate surface area is 174 Å². The van der Waals surface area contributed by atoms with Gasteiger partial charge in [-0.15, -0.1) is 0 Å². The molecule has 0 aliphatic heterocycles. The second kappa shape index (κ2) is 11.5. The minimum Gasteiger partial charge on any atom is -0.0951 e. The third-order valence-electron chi connectivity index (χ3n) is 7.04. The van der Waals surface area contributed by atoms with E-state index >= 15 is 0 Å². The Kier molecular flexibility index (Phi) is 8.72. The molecule has 152 valence electrons. The Bertz CT molecular complexity index is 638. The van der Waals surface area contributed by atoms with Crippen molar-refractivity contribution >= 4 is 0 Å². The summed E-state index contributed by atoms with van der Waals surface area (Å²) >= 11 is 0. The smallest absolute Gasteiger partial charge is 0.0206 e. The van der Waals surface area contributed by atoms with Crippen LogP contribution < -0.4 is 0 Å². The van der Waals surface area contributed by atoms with Crippen LogP contribution in [0.1, 0.15) is 102 Å². The van der Waals surface area contributed by atoms with Crippen molar-refractivity contribution in [2.75, 3.05) is 0 Å². The zero-order chi connectivity index (χ0) is 19.6. The lowest BCUT2D eigenvalue weighted by Crippen LogP contribution is -2.12. The van der Waals surface area contributed by atoms with Gasteiger partial charge in [0, 0.05) is 5.92 Å². The molecule has 2 aliphatic rings. The lowest BCUT2D eigenvalue weighted by atomic mass is 9.78. The minimum atomic E-state index is 0.612. The van der Waals surface area contributed by atoms with Crippen LogP contribution in [0, 0.1) is 29.6 Å². The molecule has 2 saturated carbocycles. The van der Waals surface area contributed by atoms with E-state index in [1.807, 2.05) is 0 Å². The molecule has 0 atom stereocenters. The van der Waals surface area contributed by atoms with E-state index in [1.165, 1.54) is 82.6 Å². The third kappa shape index (κ3) is 6.55. The summed E-state index contributed by atoms with van der Waals surface area (Å²) in [6, 6.07) is 9.43. The summed E-state index contributed by atoms with van der Waals surface area (Å²) in [5.41, 5.74) is 3.03. The summed E-state index contributed by atoms with van der Waals surface area (Å²) in [4.78, 5) is 0. The van der Waals surface area contributed by atoms with E-state index in [1.54, 1.807) is 5.56 Å². The van der Waals surface area contributed by atoms with Gasteiger partial charge in [0.05, 0.1) is 0 Å². The molecule has 0 unspecified atom stereocenters. The van der Waals surface area contributed by atoms with Crippen molar-refractivity contribution < 1.29 is 0 Å². The number of rotatable bonds is 6. The number of hydrogen-bond acceptors (Lipinski definition) is 0. The normalized spacial score (nSPS) is 28.1. The third-order valence-corrected chi connectivity index (χ3v) is 7.04. The van der Waals surface area contributed by atoms with Crippen molar-refractivity contribution in [1.82, 2.24) is 0 Å². The molecule has 0 N–H and O–H groups in total. The molecule has 0 saturated heterocycles. The van der Waals surface area contributed by atoms with Crippen molar-refractivity contribution in [2.24, 2.45) is 17.8 Å². The predicted octanol–water partition coefficient (Wildman–Crippen LogP) is 8.08. The van der Waals surface area contributed by atoms with E-state index < -0.39 is 0 Å². The molecule has 0 nitrogen and oxygen atoms in total. The van der Waals surface area contributed by atoms with Crippen LogP contribution in [0.2, 0.25) is 0 Å². The highest BCUT2D eigenvalue weighted by Crippen LogP contribution is 2.36. The molecule has 2 aliphatic carbocycles. The lowest BCUT2D eigenvalue weighted by Gasteiger charge is -2.26. The van der Waals surface area contributed by atoms with E-state index in [2.05, 4.69) is 62.1 Å². The van der Waals surface area contributed by atoms with Gasteiger partial charge >= 0.3 is 0 Å². The standard InChI is InChI=1S/C28H40/c1-3-7-23-11-13-25(14-12-23)9-5-6-10-26-17-21-28(22-18-26)27-19-15-24(8-4-2)16-20-27/h5,9,15-16,19-20,23,25-26,28H,3-4,7-8,11-14,17-18,21-22H2,1-2H3. The van der Waals surface area contributed by atoms with Crippen LogP contribution in [0.4, 0.5) is 0 Å². The highest BCUT2D eigenvalue weighted by molar-refractivity contribution is 5.26. The van der Waals surface area contributed by atoms with Gasteiger partial charge in [-0.05, 0) is 92.7 Å². The van der Waals surface area contributed by atoms with Crippen LogP contribution in [0.5, 0.6) is 0 Å². The van der Waals surface area contributed by atoms with E-state index in [0.717, 1.165) is 17.8 Å². The van der Waals surface area contributed by atoms with E-state index in [0.29, 0.717) is 5.92 Å². The fourth-order valence-corrected chi connectivity index (χ4v) is 5.24. The first-order valence-electron chi connectivity index (χ1n) is 12.0. The Balaban J connectivity index is 1.39. The van der Waals surface area contributed by atoms with Gasteiger partial charge in [0.1, 0.15) is 0 Å². The summed E-state index contributed by atoms with van der Waals surface area (Å²) in [7, 11) is 0. The molecule has 28 heavy (non-hydrogen) atoms. The first-order valence-corrected chi connectivity index (χ1v) is 12.0. The number of aryl methyl sites for hydroxylation is 1. The summed E-state index contributed by atoms with van der Waals surface area (Å²) in [6.07, 6.45) is 20.6. The molecular formula is C28H40. The highest BCUT2D eigenvalue weighted by atomic mass is 14.3. The monoisotopic (exact) mass is 376 g/mol. The second-order valence-electron chi connectivity index (χ2n) is 9.26. The van der Waals surface area contributed by atoms with Gasteiger partial charge in [0.2, 0.25) is 0 Å². The van der Waals surface area contributed by atoms with Crippen LogP contribution >= 0.6 is 0 Å². The van der Waals surface area contributed by atoms with E-state index in [4.69, 9.17) is 0 Å².